The number of piperidine rings is 1. The van der Waals surface area contributed by atoms with E-state index in [1.54, 1.807) is 4.90 Å². The van der Waals surface area contributed by atoms with Gasteiger partial charge in [-0.05, 0) is 31.2 Å². The van der Waals surface area contributed by atoms with Crippen molar-refractivity contribution in [3.8, 4) is 0 Å². The van der Waals surface area contributed by atoms with E-state index in [-0.39, 0.29) is 17.4 Å². The molecule has 0 unspecified atom stereocenters. The van der Waals surface area contributed by atoms with E-state index < -0.39 is 21.9 Å². The van der Waals surface area contributed by atoms with E-state index in [9.17, 15) is 21.6 Å². The van der Waals surface area contributed by atoms with Crippen LogP contribution in [-0.2, 0) is 16.4 Å². The van der Waals surface area contributed by atoms with Crippen LogP contribution in [-0.4, -0.2) is 61.3 Å². The van der Waals surface area contributed by atoms with Gasteiger partial charge < -0.3 is 4.90 Å². The Morgan fingerprint density at radius 2 is 1.71 bits per heavy atom. The topological polar surface area (TPSA) is 56.8 Å². The summed E-state index contributed by atoms with van der Waals surface area (Å²) in [5.41, 5.74) is -0.903. The molecule has 11 heteroatoms. The minimum Gasteiger partial charge on any atom is -0.354 e. The molecule has 158 valence electrons. The SMILES string of the molecule is CC1CCN(S(=O)(=O)N2CCCN(c3ncc(C(F)(F)F)cc3Cl)CC2)CC1. The number of hydrogen-bond acceptors (Lipinski definition) is 4. The van der Waals surface area contributed by atoms with Gasteiger partial charge in [0.2, 0.25) is 0 Å². The number of nitrogens with zero attached hydrogens (tertiary/aromatic N) is 4. The van der Waals surface area contributed by atoms with Gasteiger partial charge in [-0.1, -0.05) is 18.5 Å². The van der Waals surface area contributed by atoms with Crippen molar-refractivity contribution in [2.24, 2.45) is 5.92 Å². The lowest BCUT2D eigenvalue weighted by Gasteiger charge is -2.33. The minimum absolute atomic E-state index is 0.0869. The molecule has 3 rings (SSSR count). The van der Waals surface area contributed by atoms with Gasteiger partial charge >= 0.3 is 6.18 Å². The highest BCUT2D eigenvalue weighted by atomic mass is 35.5. The number of halogens is 4. The molecule has 0 N–H and O–H groups in total. The average molecular weight is 441 g/mol. The maximum atomic E-state index is 12.9. The Bertz CT molecular complexity index is 798. The van der Waals surface area contributed by atoms with Gasteiger partial charge in [-0.3, -0.25) is 0 Å². The summed E-state index contributed by atoms with van der Waals surface area (Å²) in [5, 5.41) is -0.0869. The Morgan fingerprint density at radius 1 is 1.07 bits per heavy atom. The molecule has 0 aromatic carbocycles. The Labute approximate surface area is 168 Å². The second-order valence-corrected chi connectivity index (χ2v) is 9.69. The molecule has 0 radical (unpaired) electrons. The van der Waals surface area contributed by atoms with Crippen LogP contribution in [0.25, 0.3) is 0 Å². The van der Waals surface area contributed by atoms with Gasteiger partial charge in [0.25, 0.3) is 10.2 Å². The van der Waals surface area contributed by atoms with Gasteiger partial charge in [-0.15, -0.1) is 0 Å². The predicted molar refractivity (Wildman–Crippen MR) is 102 cm³/mol. The molecule has 2 fully saturated rings. The fraction of sp³-hybridized carbons (Fsp3) is 0.706. The van der Waals surface area contributed by atoms with Gasteiger partial charge in [0.1, 0.15) is 5.82 Å². The van der Waals surface area contributed by atoms with Crippen molar-refractivity contribution in [1.82, 2.24) is 13.6 Å². The molecule has 1 aromatic rings. The molecule has 2 aliphatic rings. The standard InChI is InChI=1S/C17H24ClF3N4O2S/c1-13-3-7-25(8-4-13)28(26,27)24-6-2-5-23(9-10-24)16-15(18)11-14(12-22-16)17(19,20)21/h11-13H,2-10H2,1H3. The quantitative estimate of drug-likeness (QED) is 0.724. The second-order valence-electron chi connectivity index (χ2n) is 7.36. The van der Waals surface area contributed by atoms with E-state index >= 15 is 0 Å². The van der Waals surface area contributed by atoms with Gasteiger partial charge in [0.15, 0.2) is 0 Å². The average Bonchev–Trinajstić information content (AvgIpc) is 2.88. The van der Waals surface area contributed by atoms with Crippen molar-refractivity contribution in [3.63, 3.8) is 0 Å². The van der Waals surface area contributed by atoms with Crippen molar-refractivity contribution >= 4 is 27.6 Å². The third-order valence-corrected chi connectivity index (χ3v) is 7.61. The zero-order chi connectivity index (χ0) is 20.5. The van der Waals surface area contributed by atoms with Crippen LogP contribution in [0.1, 0.15) is 31.7 Å². The van der Waals surface area contributed by atoms with E-state index in [4.69, 9.17) is 11.6 Å². The van der Waals surface area contributed by atoms with Gasteiger partial charge in [0, 0.05) is 45.5 Å². The van der Waals surface area contributed by atoms with Gasteiger partial charge in [0.05, 0.1) is 10.6 Å². The number of alkyl halides is 3. The maximum Gasteiger partial charge on any atom is 0.417 e. The lowest BCUT2D eigenvalue weighted by molar-refractivity contribution is -0.137. The van der Waals surface area contributed by atoms with Crippen LogP contribution < -0.4 is 4.90 Å². The first kappa shape index (κ1) is 21.6. The van der Waals surface area contributed by atoms with Crippen LogP contribution in [0.5, 0.6) is 0 Å². The molecule has 1 aromatic heterocycles. The number of aromatic nitrogens is 1. The first-order valence-corrected chi connectivity index (χ1v) is 11.1. The highest BCUT2D eigenvalue weighted by Crippen LogP contribution is 2.34. The Morgan fingerprint density at radius 3 is 2.32 bits per heavy atom. The Balaban J connectivity index is 1.70. The van der Waals surface area contributed by atoms with Crippen LogP contribution in [0.4, 0.5) is 19.0 Å². The number of pyridine rings is 1. The number of hydrogen-bond donors (Lipinski definition) is 0. The summed E-state index contributed by atoms with van der Waals surface area (Å²) in [4.78, 5) is 5.64. The molecule has 0 atom stereocenters. The van der Waals surface area contributed by atoms with Gasteiger partial charge in [-0.2, -0.15) is 30.2 Å². The highest BCUT2D eigenvalue weighted by Gasteiger charge is 2.34. The van der Waals surface area contributed by atoms with Crippen LogP contribution in [0, 0.1) is 5.92 Å². The van der Waals surface area contributed by atoms with Crippen molar-refractivity contribution in [3.05, 3.63) is 22.8 Å². The van der Waals surface area contributed by atoms with E-state index in [1.807, 2.05) is 0 Å². The summed E-state index contributed by atoms with van der Waals surface area (Å²) < 4.78 is 67.3. The summed E-state index contributed by atoms with van der Waals surface area (Å²) in [6, 6.07) is 0.859. The normalized spacial score (nSPS) is 21.7. The van der Waals surface area contributed by atoms with E-state index in [1.165, 1.54) is 8.61 Å². The molecule has 2 saturated heterocycles. The molecule has 0 bridgehead atoms. The van der Waals surface area contributed by atoms with Gasteiger partial charge in [-0.25, -0.2) is 4.98 Å². The molecule has 6 nitrogen and oxygen atoms in total. The summed E-state index contributed by atoms with van der Waals surface area (Å²) in [6.07, 6.45) is -1.50. The zero-order valence-corrected chi connectivity index (χ0v) is 17.2. The molecule has 28 heavy (non-hydrogen) atoms. The van der Waals surface area contributed by atoms with Crippen LogP contribution >= 0.6 is 11.6 Å². The van der Waals surface area contributed by atoms with Crippen molar-refractivity contribution in [1.29, 1.82) is 0 Å². The lowest BCUT2D eigenvalue weighted by Crippen LogP contribution is -2.48. The first-order chi connectivity index (χ1) is 13.1. The Kier molecular flexibility index (Phi) is 6.43. The van der Waals surface area contributed by atoms with E-state index in [0.29, 0.717) is 45.1 Å². The molecule has 0 aliphatic carbocycles. The fourth-order valence-corrected chi connectivity index (χ4v) is 5.49. The lowest BCUT2D eigenvalue weighted by atomic mass is 10.0. The molecule has 2 aliphatic heterocycles. The van der Waals surface area contributed by atoms with Crippen LogP contribution in [0.2, 0.25) is 5.02 Å². The third kappa shape index (κ3) is 4.72. The second kappa shape index (κ2) is 8.33. The number of anilines is 1. The molecular weight excluding hydrogens is 417 g/mol. The molecule has 0 amide bonds. The summed E-state index contributed by atoms with van der Waals surface area (Å²) in [7, 11) is -3.54. The Hall–Kier alpha value is -1.10. The zero-order valence-electron chi connectivity index (χ0n) is 15.6. The van der Waals surface area contributed by atoms with Crippen molar-refractivity contribution in [2.75, 3.05) is 44.2 Å². The summed E-state index contributed by atoms with van der Waals surface area (Å²) in [6.45, 7) is 4.57. The van der Waals surface area contributed by atoms with E-state index in [0.717, 1.165) is 25.1 Å². The molecule has 0 saturated carbocycles. The molecular formula is C17H24ClF3N4O2S. The highest BCUT2D eigenvalue weighted by molar-refractivity contribution is 7.86. The fourth-order valence-electron chi connectivity index (χ4n) is 3.53. The smallest absolute Gasteiger partial charge is 0.354 e. The van der Waals surface area contributed by atoms with E-state index in [2.05, 4.69) is 11.9 Å². The number of rotatable bonds is 3. The minimum atomic E-state index is -4.51. The van der Waals surface area contributed by atoms with Crippen molar-refractivity contribution < 1.29 is 21.6 Å². The third-order valence-electron chi connectivity index (χ3n) is 5.30. The summed E-state index contributed by atoms with van der Waals surface area (Å²) in [5.74, 6) is 0.777. The molecule has 3 heterocycles. The first-order valence-electron chi connectivity index (χ1n) is 9.32. The van der Waals surface area contributed by atoms with Crippen molar-refractivity contribution in [2.45, 2.75) is 32.4 Å². The monoisotopic (exact) mass is 440 g/mol. The van der Waals surface area contributed by atoms with Crippen LogP contribution in [0.3, 0.4) is 0 Å². The summed E-state index contributed by atoms with van der Waals surface area (Å²) >= 11 is 6.04. The maximum absolute atomic E-state index is 12.9. The molecule has 0 spiro atoms. The largest absolute Gasteiger partial charge is 0.417 e. The predicted octanol–water partition coefficient (Wildman–Crippen LogP) is 3.24. The van der Waals surface area contributed by atoms with Crippen LogP contribution in [0.15, 0.2) is 12.3 Å².